The van der Waals surface area contributed by atoms with E-state index in [0.717, 1.165) is 11.1 Å². The lowest BCUT2D eigenvalue weighted by atomic mass is 9.55. The number of ether oxygens (including phenoxy) is 5. The number of hydrogen-bond acceptors (Lipinski definition) is 9. The van der Waals surface area contributed by atoms with Crippen LogP contribution >= 0.6 is 0 Å². The molecule has 2 N–H and O–H groups in total. The molecule has 3 fully saturated rings. The van der Waals surface area contributed by atoms with E-state index in [4.69, 9.17) is 23.7 Å². The van der Waals surface area contributed by atoms with Gasteiger partial charge in [0.15, 0.2) is 17.3 Å². The molecule has 242 valence electrons. The van der Waals surface area contributed by atoms with Crippen LogP contribution in [-0.4, -0.2) is 64.6 Å². The van der Waals surface area contributed by atoms with Crippen LogP contribution < -0.4 is 4.74 Å². The number of hydrogen-bond donors (Lipinski definition) is 2. The molecule has 3 aliphatic carbocycles. The first kappa shape index (κ1) is 30.9. The summed E-state index contributed by atoms with van der Waals surface area (Å²) < 4.78 is 31.8. The van der Waals surface area contributed by atoms with E-state index < -0.39 is 46.7 Å². The van der Waals surface area contributed by atoms with Gasteiger partial charge in [-0.3, -0.25) is 9.59 Å². The van der Waals surface area contributed by atoms with Gasteiger partial charge in [0.1, 0.15) is 23.9 Å². The zero-order valence-corrected chi connectivity index (χ0v) is 26.6. The molecule has 46 heavy (non-hydrogen) atoms. The summed E-state index contributed by atoms with van der Waals surface area (Å²) in [7, 11) is 1.44. The van der Waals surface area contributed by atoms with Crippen molar-refractivity contribution in [3.8, 4) is 11.5 Å². The van der Waals surface area contributed by atoms with Gasteiger partial charge >= 0.3 is 5.97 Å². The number of methoxy groups -OCH3 is 1. The van der Waals surface area contributed by atoms with Crippen LogP contribution in [0.3, 0.4) is 0 Å². The Morgan fingerprint density at radius 3 is 2.59 bits per heavy atom. The number of ketones is 1. The summed E-state index contributed by atoms with van der Waals surface area (Å²) in [4.78, 5) is 26.8. The molecule has 0 amide bonds. The Bertz CT molecular complexity index is 1680. The molecular formula is C37H40O9. The van der Waals surface area contributed by atoms with E-state index in [1.807, 2.05) is 49.4 Å². The van der Waals surface area contributed by atoms with Gasteiger partial charge in [-0.25, -0.2) is 0 Å². The van der Waals surface area contributed by atoms with Crippen LogP contribution in [0, 0.1) is 17.8 Å². The molecule has 3 bridgehead atoms. The van der Waals surface area contributed by atoms with E-state index >= 15 is 0 Å². The normalized spacial score (nSPS) is 37.1. The molecule has 2 heterocycles. The van der Waals surface area contributed by atoms with Crippen LogP contribution in [0.2, 0.25) is 0 Å². The predicted molar refractivity (Wildman–Crippen MR) is 167 cm³/mol. The number of phenols is 1. The van der Waals surface area contributed by atoms with Crippen molar-refractivity contribution in [2.75, 3.05) is 13.7 Å². The van der Waals surface area contributed by atoms with Gasteiger partial charge in [0.05, 0.1) is 25.6 Å². The molecule has 2 aromatic rings. The molecule has 5 aliphatic rings. The first-order valence-corrected chi connectivity index (χ1v) is 15.8. The highest BCUT2D eigenvalue weighted by atomic mass is 16.9. The zero-order chi connectivity index (χ0) is 32.6. The summed E-state index contributed by atoms with van der Waals surface area (Å²) in [6, 6.07) is 14.5. The third-order valence-electron chi connectivity index (χ3n) is 10.7. The molecular weight excluding hydrogens is 588 g/mol. The molecule has 0 spiro atoms. The Kier molecular flexibility index (Phi) is 7.14. The van der Waals surface area contributed by atoms with Crippen molar-refractivity contribution in [2.24, 2.45) is 17.8 Å². The van der Waals surface area contributed by atoms with Gasteiger partial charge in [-0.05, 0) is 66.2 Å². The fourth-order valence-corrected chi connectivity index (χ4v) is 8.71. The third-order valence-corrected chi connectivity index (χ3v) is 10.7. The molecule has 2 saturated heterocycles. The highest BCUT2D eigenvalue weighted by Crippen LogP contribution is 2.68. The van der Waals surface area contributed by atoms with Crippen LogP contribution in [0.1, 0.15) is 44.7 Å². The van der Waals surface area contributed by atoms with Crippen molar-refractivity contribution in [3.63, 3.8) is 0 Å². The van der Waals surface area contributed by atoms with Crippen LogP contribution in [0.25, 0.3) is 0 Å². The molecule has 1 unspecified atom stereocenters. The van der Waals surface area contributed by atoms with E-state index in [-0.39, 0.29) is 42.6 Å². The number of esters is 1. The summed E-state index contributed by atoms with van der Waals surface area (Å²) in [5, 5.41) is 22.3. The van der Waals surface area contributed by atoms with Crippen LogP contribution in [-0.2, 0) is 41.4 Å². The fraction of sp³-hybridized carbons (Fsp3) is 0.459. The number of fused-ring (bicyclic) bond motifs is 2. The van der Waals surface area contributed by atoms with Gasteiger partial charge in [0, 0.05) is 18.3 Å². The quantitative estimate of drug-likeness (QED) is 0.315. The topological polar surface area (TPSA) is 121 Å². The maximum absolute atomic E-state index is 13.8. The highest BCUT2D eigenvalue weighted by molar-refractivity contribution is 6.04. The number of rotatable bonds is 8. The maximum atomic E-state index is 13.8. The summed E-state index contributed by atoms with van der Waals surface area (Å²) in [6.45, 7) is 9.98. The minimum Gasteiger partial charge on any atom is -0.504 e. The molecule has 2 aromatic carbocycles. The second-order valence-corrected chi connectivity index (χ2v) is 13.7. The average molecular weight is 629 g/mol. The number of carbonyl (C=O) groups is 2. The molecule has 9 heteroatoms. The van der Waals surface area contributed by atoms with Crippen molar-refractivity contribution in [3.05, 3.63) is 95.1 Å². The number of Topliss-reactive ketones (excluding diaryl/α,β-unsaturated/α-hetero) is 1. The second-order valence-electron chi connectivity index (χ2n) is 13.7. The van der Waals surface area contributed by atoms with Crippen molar-refractivity contribution in [2.45, 2.75) is 75.3 Å². The summed E-state index contributed by atoms with van der Waals surface area (Å²) >= 11 is 0. The Morgan fingerprint density at radius 1 is 1.11 bits per heavy atom. The van der Waals surface area contributed by atoms with Crippen LogP contribution in [0.4, 0.5) is 0 Å². The number of aromatic hydroxyl groups is 1. The number of benzene rings is 2. The van der Waals surface area contributed by atoms with E-state index in [2.05, 4.69) is 13.5 Å². The van der Waals surface area contributed by atoms with E-state index in [1.165, 1.54) is 13.2 Å². The summed E-state index contributed by atoms with van der Waals surface area (Å²) in [5.74, 6) is -3.37. The molecule has 9 nitrogen and oxygen atoms in total. The van der Waals surface area contributed by atoms with Crippen LogP contribution in [0.15, 0.2) is 84.0 Å². The largest absolute Gasteiger partial charge is 0.504 e. The zero-order valence-electron chi connectivity index (χ0n) is 26.6. The highest BCUT2D eigenvalue weighted by Gasteiger charge is 2.79. The minimum atomic E-state index is -1.80. The first-order chi connectivity index (χ1) is 21.9. The fourth-order valence-electron chi connectivity index (χ4n) is 8.71. The van der Waals surface area contributed by atoms with Gasteiger partial charge in [0.2, 0.25) is 0 Å². The monoisotopic (exact) mass is 628 g/mol. The van der Waals surface area contributed by atoms with Gasteiger partial charge < -0.3 is 33.9 Å². The maximum Gasteiger partial charge on any atom is 0.310 e. The van der Waals surface area contributed by atoms with Gasteiger partial charge in [-0.1, -0.05) is 62.1 Å². The number of aliphatic hydroxyl groups is 1. The average Bonchev–Trinajstić information content (AvgIpc) is 3.32. The Balaban J connectivity index is 1.27. The van der Waals surface area contributed by atoms with Crippen molar-refractivity contribution < 1.29 is 43.5 Å². The summed E-state index contributed by atoms with van der Waals surface area (Å²) in [5.41, 5.74) is -0.241. The third kappa shape index (κ3) is 4.43. The molecule has 0 radical (unpaired) electrons. The Labute approximate surface area is 268 Å². The first-order valence-electron chi connectivity index (χ1n) is 15.8. The number of phenolic OH excluding ortho intramolecular Hbond substituents is 1. The van der Waals surface area contributed by atoms with Crippen molar-refractivity contribution in [1.82, 2.24) is 0 Å². The van der Waals surface area contributed by atoms with Gasteiger partial charge in [-0.15, -0.1) is 0 Å². The lowest BCUT2D eigenvalue weighted by Crippen LogP contribution is -2.70. The van der Waals surface area contributed by atoms with Crippen molar-refractivity contribution in [1.29, 1.82) is 0 Å². The molecule has 2 aliphatic heterocycles. The van der Waals surface area contributed by atoms with Gasteiger partial charge in [0.25, 0.3) is 5.97 Å². The van der Waals surface area contributed by atoms with Gasteiger partial charge in [-0.2, -0.15) is 0 Å². The van der Waals surface area contributed by atoms with E-state index in [0.29, 0.717) is 29.6 Å². The van der Waals surface area contributed by atoms with E-state index in [1.54, 1.807) is 19.1 Å². The number of carbonyl (C=O) groups excluding carboxylic acids is 2. The second kappa shape index (κ2) is 10.6. The smallest absolute Gasteiger partial charge is 0.310 e. The van der Waals surface area contributed by atoms with Crippen LogP contribution in [0.5, 0.6) is 11.5 Å². The lowest BCUT2D eigenvalue weighted by molar-refractivity contribution is -0.421. The minimum absolute atomic E-state index is 0.0156. The molecule has 1 saturated carbocycles. The summed E-state index contributed by atoms with van der Waals surface area (Å²) in [6.07, 6.45) is 4.13. The van der Waals surface area contributed by atoms with Crippen molar-refractivity contribution >= 4 is 11.8 Å². The standard InChI is InChI=1S/C37H40O9/c1-21(2)35-17-23(4)37-27(33(35)44-36(45-35,46-37)19-24-9-7-6-8-10-24)14-26(18-34(41)30(37)13-22(3)32(34)40)20-43-31(39)16-25-11-12-28(38)29(15-25)42-5/h6-15,23,27,30,33,38,41H,1,16-20H2,2-5H3/t23?,27-,30-,33-,34-,35-,36+,37+/m0/s1. The predicted octanol–water partition coefficient (Wildman–Crippen LogP) is 4.74. The Hall–Kier alpha value is -3.76. The molecule has 8 atom stereocenters. The molecule has 0 aromatic heterocycles. The van der Waals surface area contributed by atoms with E-state index in [9.17, 15) is 19.8 Å². The molecule has 7 rings (SSSR count). The Morgan fingerprint density at radius 2 is 1.87 bits per heavy atom. The lowest BCUT2D eigenvalue weighted by Gasteiger charge is -2.59. The SMILES string of the molecule is C=C(C)[C@@]12CC(C)[C@@]34O[C@](Cc5ccccc5)(O[C@H]1[C@@H]3C=C(COC(=O)Cc1ccc(O)c(OC)c1)C[C@@]1(O)C(=O)C(C)=C[C@H]41)O2.